The van der Waals surface area contributed by atoms with Gasteiger partial charge in [0.15, 0.2) is 0 Å². The third-order valence-corrected chi connectivity index (χ3v) is 3.01. The average molecular weight is 249 g/mol. The summed E-state index contributed by atoms with van der Waals surface area (Å²) in [7, 11) is 0. The van der Waals surface area contributed by atoms with Crippen molar-refractivity contribution in [1.82, 2.24) is 9.97 Å². The number of pyridine rings is 2. The smallest absolute Gasteiger partial charge is 0.267 e. The lowest BCUT2D eigenvalue weighted by molar-refractivity contribution is 0.0997. The maximum absolute atomic E-state index is 11.4. The van der Waals surface area contributed by atoms with Gasteiger partial charge in [0.05, 0.1) is 0 Å². The van der Waals surface area contributed by atoms with Gasteiger partial charge >= 0.3 is 0 Å². The number of nitrogens with two attached hydrogens (primary N) is 1. The van der Waals surface area contributed by atoms with Gasteiger partial charge in [0.25, 0.3) is 5.91 Å². The number of nitrogens with zero attached hydrogens (tertiary/aromatic N) is 2. The monoisotopic (exact) mass is 249 g/mol. The Balaban J connectivity index is 2.25. The quantitative estimate of drug-likeness (QED) is 0.758. The van der Waals surface area contributed by atoms with Gasteiger partial charge in [-0.1, -0.05) is 12.1 Å². The summed E-state index contributed by atoms with van der Waals surface area (Å²) in [6.07, 6.45) is 5.06. The Morgan fingerprint density at radius 2 is 1.74 bits per heavy atom. The zero-order valence-electron chi connectivity index (χ0n) is 10.1. The van der Waals surface area contributed by atoms with Crippen molar-refractivity contribution in [3.63, 3.8) is 0 Å². The molecule has 0 atom stereocenters. The summed E-state index contributed by atoms with van der Waals surface area (Å²) in [5.41, 5.74) is 7.70. The van der Waals surface area contributed by atoms with Crippen LogP contribution in [0.15, 0.2) is 55.0 Å². The maximum Gasteiger partial charge on any atom is 0.267 e. The topological polar surface area (TPSA) is 68.9 Å². The second-order valence-electron chi connectivity index (χ2n) is 4.20. The number of rotatable bonds is 2. The maximum atomic E-state index is 11.4. The molecule has 2 heterocycles. The van der Waals surface area contributed by atoms with Crippen LogP contribution in [-0.2, 0) is 0 Å². The van der Waals surface area contributed by atoms with Crippen LogP contribution in [0.3, 0.4) is 0 Å². The first-order chi connectivity index (χ1) is 9.25. The zero-order valence-corrected chi connectivity index (χ0v) is 10.1. The molecular formula is C15H11N3O. The molecule has 2 N–H and O–H groups in total. The van der Waals surface area contributed by atoms with Crippen LogP contribution in [0.5, 0.6) is 0 Å². The zero-order chi connectivity index (χ0) is 13.2. The molecule has 92 valence electrons. The van der Waals surface area contributed by atoms with Crippen molar-refractivity contribution in [2.45, 2.75) is 0 Å². The minimum atomic E-state index is -0.516. The van der Waals surface area contributed by atoms with Crippen molar-refractivity contribution >= 4 is 16.7 Å². The number of amides is 1. The summed E-state index contributed by atoms with van der Waals surface area (Å²) in [4.78, 5) is 19.5. The predicted octanol–water partition coefficient (Wildman–Crippen LogP) is 2.40. The van der Waals surface area contributed by atoms with E-state index >= 15 is 0 Å². The molecule has 1 amide bonds. The van der Waals surface area contributed by atoms with Gasteiger partial charge in [0.2, 0.25) is 0 Å². The molecule has 0 aliphatic rings. The molecule has 1 aromatic carbocycles. The molecule has 3 aromatic rings. The summed E-state index contributed by atoms with van der Waals surface area (Å²) in [5.74, 6) is -0.516. The van der Waals surface area contributed by atoms with E-state index in [2.05, 4.69) is 9.97 Å². The van der Waals surface area contributed by atoms with Gasteiger partial charge in [0.1, 0.15) is 5.69 Å². The van der Waals surface area contributed by atoms with Gasteiger partial charge in [0, 0.05) is 24.0 Å². The van der Waals surface area contributed by atoms with Crippen LogP contribution in [0, 0.1) is 0 Å². The molecule has 4 heteroatoms. The fraction of sp³-hybridized carbons (Fsp3) is 0. The predicted molar refractivity (Wildman–Crippen MR) is 73.5 cm³/mol. The van der Waals surface area contributed by atoms with Gasteiger partial charge < -0.3 is 5.73 Å². The highest BCUT2D eigenvalue weighted by molar-refractivity contribution is 6.05. The molecule has 0 fully saturated rings. The van der Waals surface area contributed by atoms with Crippen LogP contribution in [0.25, 0.3) is 21.9 Å². The summed E-state index contributed by atoms with van der Waals surface area (Å²) in [5, 5.41) is 1.71. The average Bonchev–Trinajstić information content (AvgIpc) is 2.47. The highest BCUT2D eigenvalue weighted by Gasteiger charge is 2.09. The van der Waals surface area contributed by atoms with E-state index in [1.165, 1.54) is 0 Å². The minimum Gasteiger partial charge on any atom is -0.364 e. The lowest BCUT2D eigenvalue weighted by atomic mass is 10.0. The number of hydrogen-bond donors (Lipinski definition) is 1. The minimum absolute atomic E-state index is 0.299. The largest absolute Gasteiger partial charge is 0.364 e. The number of carbonyl (C=O) groups is 1. The molecule has 2 aromatic heterocycles. The van der Waals surface area contributed by atoms with Crippen LogP contribution in [-0.4, -0.2) is 15.9 Å². The standard InChI is InChI=1S/C15H11N3O/c16-15(19)14-13-9-12(10-3-6-17-7-4-10)2-1-11(13)5-8-18-14/h1-9H,(H2,16,19). The van der Waals surface area contributed by atoms with Gasteiger partial charge in [-0.05, 0) is 40.8 Å². The van der Waals surface area contributed by atoms with Gasteiger partial charge in [-0.3, -0.25) is 14.8 Å². The molecule has 0 radical (unpaired) electrons. The highest BCUT2D eigenvalue weighted by atomic mass is 16.1. The molecule has 0 aliphatic heterocycles. The van der Waals surface area contributed by atoms with Gasteiger partial charge in [-0.25, -0.2) is 0 Å². The Morgan fingerprint density at radius 3 is 2.47 bits per heavy atom. The fourth-order valence-corrected chi connectivity index (χ4v) is 2.09. The van der Waals surface area contributed by atoms with Crippen LogP contribution in [0.2, 0.25) is 0 Å². The van der Waals surface area contributed by atoms with Crippen LogP contribution < -0.4 is 5.73 Å². The van der Waals surface area contributed by atoms with Crippen molar-refractivity contribution < 1.29 is 4.79 Å². The van der Waals surface area contributed by atoms with E-state index in [1.807, 2.05) is 36.4 Å². The molecule has 0 saturated heterocycles. The highest BCUT2D eigenvalue weighted by Crippen LogP contribution is 2.25. The first-order valence-corrected chi connectivity index (χ1v) is 5.85. The molecule has 4 nitrogen and oxygen atoms in total. The fourth-order valence-electron chi connectivity index (χ4n) is 2.09. The summed E-state index contributed by atoms with van der Waals surface area (Å²) in [6, 6.07) is 11.6. The normalized spacial score (nSPS) is 10.5. The van der Waals surface area contributed by atoms with E-state index in [0.717, 1.165) is 21.9 Å². The Kier molecular flexibility index (Phi) is 2.68. The molecule has 0 saturated carbocycles. The molecule has 3 rings (SSSR count). The molecule has 0 unspecified atom stereocenters. The number of aromatic nitrogens is 2. The second kappa shape index (κ2) is 4.49. The lowest BCUT2D eigenvalue weighted by Gasteiger charge is -2.06. The van der Waals surface area contributed by atoms with E-state index in [4.69, 9.17) is 5.73 Å². The summed E-state index contributed by atoms with van der Waals surface area (Å²) < 4.78 is 0. The molecule has 19 heavy (non-hydrogen) atoms. The van der Waals surface area contributed by atoms with E-state index in [1.54, 1.807) is 18.6 Å². The Morgan fingerprint density at radius 1 is 0.947 bits per heavy atom. The number of benzene rings is 1. The van der Waals surface area contributed by atoms with E-state index in [9.17, 15) is 4.79 Å². The van der Waals surface area contributed by atoms with Crippen LogP contribution in [0.1, 0.15) is 10.5 Å². The summed E-state index contributed by atoms with van der Waals surface area (Å²) >= 11 is 0. The third kappa shape index (κ3) is 2.04. The molecular weight excluding hydrogens is 238 g/mol. The lowest BCUT2D eigenvalue weighted by Crippen LogP contribution is -2.13. The van der Waals surface area contributed by atoms with Gasteiger partial charge in [-0.2, -0.15) is 0 Å². The number of hydrogen-bond acceptors (Lipinski definition) is 3. The van der Waals surface area contributed by atoms with Crippen LogP contribution in [0.4, 0.5) is 0 Å². The molecule has 0 bridgehead atoms. The second-order valence-corrected chi connectivity index (χ2v) is 4.20. The van der Waals surface area contributed by atoms with E-state index in [-0.39, 0.29) is 0 Å². The van der Waals surface area contributed by atoms with Crippen molar-refractivity contribution in [3.05, 3.63) is 60.7 Å². The van der Waals surface area contributed by atoms with Crippen molar-refractivity contribution in [1.29, 1.82) is 0 Å². The van der Waals surface area contributed by atoms with Gasteiger partial charge in [-0.15, -0.1) is 0 Å². The molecule has 0 spiro atoms. The Bertz CT molecular complexity index is 754. The Labute approximate surface area is 109 Å². The first kappa shape index (κ1) is 11.3. The molecule has 0 aliphatic carbocycles. The van der Waals surface area contributed by atoms with Crippen LogP contribution >= 0.6 is 0 Å². The number of fused-ring (bicyclic) bond motifs is 1. The Hall–Kier alpha value is -2.75. The van der Waals surface area contributed by atoms with Crippen molar-refractivity contribution in [2.75, 3.05) is 0 Å². The SMILES string of the molecule is NC(=O)c1nccc2ccc(-c3ccncc3)cc12. The first-order valence-electron chi connectivity index (χ1n) is 5.85. The number of carbonyl (C=O) groups excluding carboxylic acids is 1. The van der Waals surface area contributed by atoms with E-state index < -0.39 is 5.91 Å². The van der Waals surface area contributed by atoms with Crippen molar-refractivity contribution in [3.8, 4) is 11.1 Å². The third-order valence-electron chi connectivity index (χ3n) is 3.01. The van der Waals surface area contributed by atoms with E-state index in [0.29, 0.717) is 5.69 Å². The summed E-state index contributed by atoms with van der Waals surface area (Å²) in [6.45, 7) is 0. The van der Waals surface area contributed by atoms with Crippen molar-refractivity contribution in [2.24, 2.45) is 5.73 Å². The number of primary amides is 1.